The number of rotatable bonds is 9. The van der Waals surface area contributed by atoms with Gasteiger partial charge in [0.05, 0.1) is 0 Å². The molecule has 0 fully saturated rings. The van der Waals surface area contributed by atoms with Crippen LogP contribution in [-0.2, 0) is 0 Å². The van der Waals surface area contributed by atoms with Gasteiger partial charge in [0.1, 0.15) is 22.3 Å². The van der Waals surface area contributed by atoms with Gasteiger partial charge >= 0.3 is 0 Å². The van der Waals surface area contributed by atoms with Gasteiger partial charge in [0.25, 0.3) is 0 Å². The van der Waals surface area contributed by atoms with E-state index in [0.29, 0.717) is 0 Å². The van der Waals surface area contributed by atoms with E-state index in [9.17, 15) is 0 Å². The Morgan fingerprint density at radius 3 is 1.48 bits per heavy atom. The second-order valence-corrected chi connectivity index (χ2v) is 16.6. The van der Waals surface area contributed by atoms with Gasteiger partial charge in [0.2, 0.25) is 0 Å². The lowest BCUT2D eigenvalue weighted by molar-refractivity contribution is 1.04. The lowest BCUT2D eigenvalue weighted by atomic mass is 10.5. The van der Waals surface area contributed by atoms with Gasteiger partial charge in [-0.05, 0) is 48.4 Å². The number of pyridine rings is 1. The lowest BCUT2D eigenvalue weighted by Gasteiger charge is -2.53. The van der Waals surface area contributed by atoms with E-state index in [4.69, 9.17) is 4.98 Å². The van der Waals surface area contributed by atoms with E-state index in [1.54, 1.807) is 0 Å². The van der Waals surface area contributed by atoms with Crippen LogP contribution in [0.25, 0.3) is 0 Å². The predicted octanol–water partition coefficient (Wildman–Crippen LogP) is 5.90. The minimum absolute atomic E-state index is 1.27. The molecule has 0 saturated carbocycles. The van der Waals surface area contributed by atoms with Crippen LogP contribution in [0.1, 0.15) is 41.5 Å². The van der Waals surface area contributed by atoms with Crippen molar-refractivity contribution in [3.63, 3.8) is 0 Å². The molecule has 0 radical (unpaired) electrons. The van der Waals surface area contributed by atoms with Crippen molar-refractivity contribution >= 4 is 22.3 Å². The smallest absolute Gasteiger partial charge is 0.148 e. The van der Waals surface area contributed by atoms with Gasteiger partial charge in [-0.2, -0.15) is 0 Å². The SMILES string of the molecule is CC[Si](CC)(CC)N(c1ccccn1)[Si](CC)(CC)CC. The van der Waals surface area contributed by atoms with E-state index in [1.165, 1.54) is 42.1 Å². The molecule has 0 aromatic carbocycles. The summed E-state index contributed by atoms with van der Waals surface area (Å²) < 4.78 is 2.96. The third-order valence-corrected chi connectivity index (χ3v) is 18.9. The monoisotopic (exact) mass is 322 g/mol. The topological polar surface area (TPSA) is 16.1 Å². The first-order chi connectivity index (χ1) is 10.1. The van der Waals surface area contributed by atoms with Crippen molar-refractivity contribution in [1.82, 2.24) is 4.98 Å². The molecule has 4 heteroatoms. The predicted molar refractivity (Wildman–Crippen MR) is 101 cm³/mol. The first-order valence-electron chi connectivity index (χ1n) is 8.81. The summed E-state index contributed by atoms with van der Waals surface area (Å²) in [6, 6.07) is 14.5. The number of nitrogens with zero attached hydrogens (tertiary/aromatic N) is 2. The molecule has 0 amide bonds. The maximum Gasteiger partial charge on any atom is 0.148 e. The summed E-state index contributed by atoms with van der Waals surface area (Å²) in [7, 11) is -2.91. The lowest BCUT2D eigenvalue weighted by Crippen LogP contribution is -2.66. The molecule has 1 heterocycles. The second-order valence-electron chi connectivity index (χ2n) is 6.09. The highest BCUT2D eigenvalue weighted by atomic mass is 28.4. The van der Waals surface area contributed by atoms with Crippen LogP contribution in [0.2, 0.25) is 36.3 Å². The van der Waals surface area contributed by atoms with E-state index < -0.39 is 16.5 Å². The maximum atomic E-state index is 4.79. The Bertz CT molecular complexity index is 364. The number of hydrogen-bond donors (Lipinski definition) is 0. The Balaban J connectivity index is 3.49. The van der Waals surface area contributed by atoms with Crippen molar-refractivity contribution in [3.05, 3.63) is 24.4 Å². The summed E-state index contributed by atoms with van der Waals surface area (Å²) >= 11 is 0. The van der Waals surface area contributed by atoms with Crippen LogP contribution in [0.5, 0.6) is 0 Å². The highest BCUT2D eigenvalue weighted by molar-refractivity contribution is 7.02. The van der Waals surface area contributed by atoms with Crippen molar-refractivity contribution in [2.75, 3.05) is 4.23 Å². The van der Waals surface area contributed by atoms with Gasteiger partial charge in [-0.25, -0.2) is 4.98 Å². The fourth-order valence-corrected chi connectivity index (χ4v) is 16.9. The molecule has 2 nitrogen and oxygen atoms in total. The highest BCUT2D eigenvalue weighted by Crippen LogP contribution is 2.38. The highest BCUT2D eigenvalue weighted by Gasteiger charge is 2.46. The zero-order valence-corrected chi connectivity index (χ0v) is 16.9. The summed E-state index contributed by atoms with van der Waals surface area (Å²) in [6.45, 7) is 14.5. The van der Waals surface area contributed by atoms with E-state index in [-0.39, 0.29) is 0 Å². The van der Waals surface area contributed by atoms with Gasteiger partial charge in [-0.3, -0.25) is 0 Å². The molecule has 0 aliphatic carbocycles. The van der Waals surface area contributed by atoms with Crippen molar-refractivity contribution in [1.29, 1.82) is 0 Å². The standard InChI is InChI=1S/C17H34N2Si2/c1-7-20(8-2,9-3)19(17-15-13-14-16-18-17)21(10-4,11-5)12-6/h13-16H,7-12H2,1-6H3. The Morgan fingerprint density at radius 1 is 0.762 bits per heavy atom. The normalized spacial score (nSPS) is 12.5. The molecule has 0 spiro atoms. The van der Waals surface area contributed by atoms with Crippen LogP contribution < -0.4 is 4.23 Å². The average molecular weight is 323 g/mol. The molecule has 0 aliphatic rings. The molecule has 120 valence electrons. The minimum Gasteiger partial charge on any atom is -0.408 e. The van der Waals surface area contributed by atoms with E-state index in [2.05, 4.69) is 57.9 Å². The zero-order valence-electron chi connectivity index (χ0n) is 14.9. The summed E-state index contributed by atoms with van der Waals surface area (Å²) in [5, 5.41) is 0. The van der Waals surface area contributed by atoms with Crippen LogP contribution in [0.4, 0.5) is 5.82 Å². The Hall–Kier alpha value is -0.616. The van der Waals surface area contributed by atoms with Crippen LogP contribution in [-0.4, -0.2) is 21.5 Å². The summed E-state index contributed by atoms with van der Waals surface area (Å²) in [4.78, 5) is 4.79. The maximum absolute atomic E-state index is 4.79. The zero-order chi connectivity index (χ0) is 15.9. The third-order valence-electron chi connectivity index (χ3n) is 5.78. The first-order valence-corrected chi connectivity index (χ1v) is 13.9. The van der Waals surface area contributed by atoms with Crippen molar-refractivity contribution < 1.29 is 0 Å². The molecule has 0 saturated heterocycles. The van der Waals surface area contributed by atoms with Crippen LogP contribution in [0.3, 0.4) is 0 Å². The number of hydrogen-bond acceptors (Lipinski definition) is 2. The quantitative estimate of drug-likeness (QED) is 0.526. The first kappa shape index (κ1) is 18.4. The minimum atomic E-state index is -1.45. The molecule has 21 heavy (non-hydrogen) atoms. The summed E-state index contributed by atoms with van der Waals surface area (Å²) in [5.41, 5.74) is 0. The molecule has 0 N–H and O–H groups in total. The van der Waals surface area contributed by atoms with Gasteiger partial charge in [-0.1, -0.05) is 47.6 Å². The summed E-state index contributed by atoms with van der Waals surface area (Å²) in [6.07, 6.45) is 1.97. The molecule has 0 bridgehead atoms. The average Bonchev–Trinajstić information content (AvgIpc) is 2.57. The molecular formula is C17H34N2Si2. The summed E-state index contributed by atoms with van der Waals surface area (Å²) in [5.74, 6) is 1.27. The van der Waals surface area contributed by atoms with E-state index in [0.717, 1.165) is 0 Å². The largest absolute Gasteiger partial charge is 0.408 e. The second kappa shape index (κ2) is 8.13. The Kier molecular flexibility index (Phi) is 7.14. The molecule has 0 atom stereocenters. The van der Waals surface area contributed by atoms with Crippen LogP contribution >= 0.6 is 0 Å². The van der Waals surface area contributed by atoms with E-state index in [1.807, 2.05) is 12.3 Å². The number of aromatic nitrogens is 1. The van der Waals surface area contributed by atoms with Crippen LogP contribution in [0.15, 0.2) is 24.4 Å². The molecule has 1 aromatic heterocycles. The van der Waals surface area contributed by atoms with E-state index >= 15 is 0 Å². The van der Waals surface area contributed by atoms with Gasteiger partial charge in [-0.15, -0.1) is 0 Å². The number of anilines is 1. The van der Waals surface area contributed by atoms with Gasteiger partial charge in [0.15, 0.2) is 0 Å². The fourth-order valence-electron chi connectivity index (χ4n) is 3.92. The molecule has 0 aliphatic heterocycles. The van der Waals surface area contributed by atoms with Crippen molar-refractivity contribution in [2.45, 2.75) is 77.8 Å². The van der Waals surface area contributed by atoms with Crippen LogP contribution in [0, 0.1) is 0 Å². The van der Waals surface area contributed by atoms with Crippen molar-refractivity contribution in [2.24, 2.45) is 0 Å². The Labute approximate surface area is 134 Å². The molecular weight excluding hydrogens is 288 g/mol. The van der Waals surface area contributed by atoms with Gasteiger partial charge < -0.3 is 4.23 Å². The fraction of sp³-hybridized carbons (Fsp3) is 0.706. The molecule has 1 aromatic rings. The molecule has 1 rings (SSSR count). The molecule has 0 unspecified atom stereocenters. The third kappa shape index (κ3) is 3.42. The Morgan fingerprint density at radius 2 is 1.19 bits per heavy atom. The van der Waals surface area contributed by atoms with Gasteiger partial charge in [0, 0.05) is 6.20 Å². The van der Waals surface area contributed by atoms with Crippen molar-refractivity contribution in [3.8, 4) is 0 Å².